The van der Waals surface area contributed by atoms with Crippen LogP contribution in [0.1, 0.15) is 18.9 Å². The summed E-state index contributed by atoms with van der Waals surface area (Å²) in [6.07, 6.45) is 1.96. The number of ether oxygens (including phenoxy) is 2. The summed E-state index contributed by atoms with van der Waals surface area (Å²) in [6, 6.07) is 14.2. The number of nitrogens with one attached hydrogen (secondary N) is 1. The third-order valence-corrected chi connectivity index (χ3v) is 5.03. The van der Waals surface area contributed by atoms with Crippen LogP contribution in [0.2, 0.25) is 0 Å². The van der Waals surface area contributed by atoms with Gasteiger partial charge in [0.05, 0.1) is 18.6 Å². The van der Waals surface area contributed by atoms with Crippen LogP contribution in [0.4, 0.5) is 0 Å². The molecule has 0 spiro atoms. The number of hydrogen-bond donors (Lipinski definition) is 1. The number of methoxy groups -OCH3 is 1. The molecule has 0 saturated heterocycles. The Morgan fingerprint density at radius 2 is 1.69 bits per heavy atom. The Bertz CT molecular complexity index is 865. The van der Waals surface area contributed by atoms with Crippen molar-refractivity contribution in [3.63, 3.8) is 0 Å². The maximum Gasteiger partial charge on any atom is 0.241 e. The zero-order valence-corrected chi connectivity index (χ0v) is 15.8. The summed E-state index contributed by atoms with van der Waals surface area (Å²) in [5.74, 6) is 6.75. The minimum absolute atomic E-state index is 0.0222. The van der Waals surface area contributed by atoms with E-state index in [0.29, 0.717) is 11.5 Å². The highest BCUT2D eigenvalue weighted by atomic mass is 32.2. The van der Waals surface area contributed by atoms with Crippen molar-refractivity contribution in [3.8, 4) is 23.3 Å². The molecule has 6 heteroatoms. The summed E-state index contributed by atoms with van der Waals surface area (Å²) in [4.78, 5) is 0.240. The number of benzene rings is 2. The average molecular weight is 373 g/mol. The molecule has 0 atom stereocenters. The highest BCUT2D eigenvalue weighted by molar-refractivity contribution is 7.89. The average Bonchev–Trinajstić information content (AvgIpc) is 2.65. The van der Waals surface area contributed by atoms with Crippen LogP contribution in [-0.4, -0.2) is 28.7 Å². The first-order valence-corrected chi connectivity index (χ1v) is 9.85. The first-order valence-electron chi connectivity index (χ1n) is 8.37. The van der Waals surface area contributed by atoms with Gasteiger partial charge in [-0.2, -0.15) is 4.72 Å². The Hall–Kier alpha value is -2.49. The van der Waals surface area contributed by atoms with Gasteiger partial charge in [-0.1, -0.05) is 49.5 Å². The third-order valence-electron chi connectivity index (χ3n) is 3.62. The van der Waals surface area contributed by atoms with E-state index in [2.05, 4.69) is 23.5 Å². The Morgan fingerprint density at radius 1 is 1.00 bits per heavy atom. The van der Waals surface area contributed by atoms with E-state index in [1.165, 1.54) is 0 Å². The van der Waals surface area contributed by atoms with Crippen LogP contribution < -0.4 is 14.2 Å². The second kappa shape index (κ2) is 9.85. The monoisotopic (exact) mass is 373 g/mol. The lowest BCUT2D eigenvalue weighted by molar-refractivity contribution is 0.331. The van der Waals surface area contributed by atoms with Gasteiger partial charge < -0.3 is 9.47 Å². The topological polar surface area (TPSA) is 64.6 Å². The number of hydrogen-bond acceptors (Lipinski definition) is 4. The standard InChI is InChI=1S/C20H23NO4S/c1-3-8-17-11-13-18(14-12-17)26(22,23)21-15-6-7-16-25-20-10-5-4-9-19(20)24-2/h4-5,9-14,21H,3,8,15-16H2,1-2H3. The number of rotatable bonds is 8. The van der Waals surface area contributed by atoms with Crippen LogP contribution in [-0.2, 0) is 16.4 Å². The van der Waals surface area contributed by atoms with Crippen LogP contribution in [0.5, 0.6) is 11.5 Å². The third kappa shape index (κ3) is 5.80. The quantitative estimate of drug-likeness (QED) is 0.723. The first kappa shape index (κ1) is 19.8. The van der Waals surface area contributed by atoms with Gasteiger partial charge in [-0.15, -0.1) is 0 Å². The van der Waals surface area contributed by atoms with Crippen molar-refractivity contribution < 1.29 is 17.9 Å². The molecule has 0 radical (unpaired) electrons. The van der Waals surface area contributed by atoms with Gasteiger partial charge in [0.15, 0.2) is 11.5 Å². The normalized spacial score (nSPS) is 10.7. The van der Waals surface area contributed by atoms with E-state index in [1.807, 2.05) is 24.3 Å². The molecule has 0 aromatic heterocycles. The predicted octanol–water partition coefficient (Wildman–Crippen LogP) is 3.01. The molecule has 2 aromatic carbocycles. The highest BCUT2D eigenvalue weighted by Gasteiger charge is 2.12. The van der Waals surface area contributed by atoms with Crippen LogP contribution in [0.3, 0.4) is 0 Å². The second-order valence-electron chi connectivity index (χ2n) is 5.51. The fourth-order valence-corrected chi connectivity index (χ4v) is 3.23. The molecule has 0 fully saturated rings. The second-order valence-corrected chi connectivity index (χ2v) is 7.28. The Labute approximate surface area is 155 Å². The summed E-state index contributed by atoms with van der Waals surface area (Å²) in [5, 5.41) is 0. The van der Waals surface area contributed by atoms with Crippen molar-refractivity contribution in [1.29, 1.82) is 0 Å². The molecule has 0 bridgehead atoms. The molecule has 5 nitrogen and oxygen atoms in total. The first-order chi connectivity index (χ1) is 12.6. The molecule has 26 heavy (non-hydrogen) atoms. The fourth-order valence-electron chi connectivity index (χ4n) is 2.30. The van der Waals surface area contributed by atoms with Crippen molar-refractivity contribution >= 4 is 10.0 Å². The Balaban J connectivity index is 1.84. The van der Waals surface area contributed by atoms with E-state index in [9.17, 15) is 8.42 Å². The number of para-hydroxylation sites is 2. The lowest BCUT2D eigenvalue weighted by Gasteiger charge is -2.07. The minimum atomic E-state index is -3.56. The van der Waals surface area contributed by atoms with Crippen molar-refractivity contribution in [3.05, 3.63) is 54.1 Å². The molecule has 2 rings (SSSR count). The summed E-state index contributed by atoms with van der Waals surface area (Å²) in [6.45, 7) is 2.25. The summed E-state index contributed by atoms with van der Waals surface area (Å²) >= 11 is 0. The molecular weight excluding hydrogens is 350 g/mol. The van der Waals surface area contributed by atoms with Gasteiger partial charge in [-0.25, -0.2) is 8.42 Å². The zero-order chi connectivity index (χ0) is 18.8. The molecule has 0 unspecified atom stereocenters. The fraction of sp³-hybridized carbons (Fsp3) is 0.300. The molecular formula is C20H23NO4S. The minimum Gasteiger partial charge on any atom is -0.493 e. The summed E-state index contributed by atoms with van der Waals surface area (Å²) in [5.41, 5.74) is 1.12. The van der Waals surface area contributed by atoms with Crippen molar-refractivity contribution in [2.45, 2.75) is 24.7 Å². The summed E-state index contributed by atoms with van der Waals surface area (Å²) in [7, 11) is -1.99. The van der Waals surface area contributed by atoms with Gasteiger partial charge >= 0.3 is 0 Å². The van der Waals surface area contributed by atoms with E-state index < -0.39 is 10.0 Å². The van der Waals surface area contributed by atoms with E-state index in [1.54, 1.807) is 31.4 Å². The lowest BCUT2D eigenvalue weighted by atomic mass is 10.1. The van der Waals surface area contributed by atoms with Crippen LogP contribution in [0.25, 0.3) is 0 Å². The van der Waals surface area contributed by atoms with Gasteiger partial charge in [0.2, 0.25) is 10.0 Å². The van der Waals surface area contributed by atoms with Crippen molar-refractivity contribution in [2.24, 2.45) is 0 Å². The predicted molar refractivity (Wildman–Crippen MR) is 102 cm³/mol. The van der Waals surface area contributed by atoms with Crippen LogP contribution in [0, 0.1) is 11.8 Å². The van der Waals surface area contributed by atoms with Gasteiger partial charge in [0.1, 0.15) is 6.61 Å². The molecule has 0 saturated carbocycles. The van der Waals surface area contributed by atoms with Crippen LogP contribution >= 0.6 is 0 Å². The molecule has 1 N–H and O–H groups in total. The van der Waals surface area contributed by atoms with Gasteiger partial charge in [0.25, 0.3) is 0 Å². The molecule has 0 aliphatic heterocycles. The molecule has 138 valence electrons. The van der Waals surface area contributed by atoms with E-state index >= 15 is 0 Å². The molecule has 0 heterocycles. The van der Waals surface area contributed by atoms with Crippen molar-refractivity contribution in [1.82, 2.24) is 4.72 Å². The SMILES string of the molecule is CCCc1ccc(S(=O)(=O)NCC#CCOc2ccccc2OC)cc1. The molecule has 0 amide bonds. The molecule has 0 aliphatic rings. The van der Waals surface area contributed by atoms with Crippen LogP contribution in [0.15, 0.2) is 53.4 Å². The maximum atomic E-state index is 12.2. The Morgan fingerprint density at radius 3 is 2.35 bits per heavy atom. The van der Waals surface area contributed by atoms with E-state index in [0.717, 1.165) is 18.4 Å². The zero-order valence-electron chi connectivity index (χ0n) is 15.0. The largest absolute Gasteiger partial charge is 0.493 e. The van der Waals surface area contributed by atoms with Crippen molar-refractivity contribution in [2.75, 3.05) is 20.3 Å². The number of sulfonamides is 1. The smallest absolute Gasteiger partial charge is 0.241 e. The highest BCUT2D eigenvalue weighted by Crippen LogP contribution is 2.25. The maximum absolute atomic E-state index is 12.2. The Kier molecular flexibility index (Phi) is 7.52. The lowest BCUT2D eigenvalue weighted by Crippen LogP contribution is -2.24. The van der Waals surface area contributed by atoms with E-state index in [4.69, 9.17) is 9.47 Å². The van der Waals surface area contributed by atoms with Gasteiger partial charge in [-0.3, -0.25) is 0 Å². The summed E-state index contributed by atoms with van der Waals surface area (Å²) < 4.78 is 37.6. The molecule has 2 aromatic rings. The van der Waals surface area contributed by atoms with Gasteiger partial charge in [-0.05, 0) is 36.2 Å². The van der Waals surface area contributed by atoms with Gasteiger partial charge in [0, 0.05) is 0 Å². The number of aryl methyl sites for hydroxylation is 1. The molecule has 0 aliphatic carbocycles. The van der Waals surface area contributed by atoms with E-state index in [-0.39, 0.29) is 18.0 Å².